The largest absolute Gasteiger partial charge is 0.481 e. The van der Waals surface area contributed by atoms with Gasteiger partial charge in [0.1, 0.15) is 6.67 Å². The average molecular weight is 264 g/mol. The third-order valence-electron chi connectivity index (χ3n) is 1.11. The summed E-state index contributed by atoms with van der Waals surface area (Å²) in [6, 6.07) is 0. The van der Waals surface area contributed by atoms with E-state index in [1.807, 2.05) is 0 Å². The Kier molecular flexibility index (Phi) is 5.84. The molecule has 0 bridgehead atoms. The summed E-state index contributed by atoms with van der Waals surface area (Å²) in [5, 5.41) is 0. The smallest absolute Gasteiger partial charge is 0.302 e. The maximum atomic E-state index is 11.8. The van der Waals surface area contributed by atoms with Crippen molar-refractivity contribution in [3.05, 3.63) is 12.2 Å². The van der Waals surface area contributed by atoms with Gasteiger partial charge in [0, 0.05) is 0 Å². The predicted molar refractivity (Wildman–Crippen MR) is 48.6 cm³/mol. The Morgan fingerprint density at radius 2 is 1.87 bits per heavy atom. The molecule has 0 rings (SSSR count). The topological polar surface area (TPSA) is 113 Å². The summed E-state index contributed by atoms with van der Waals surface area (Å²) in [4.78, 5) is 25.1. The molecule has 0 aliphatic rings. The van der Waals surface area contributed by atoms with Crippen LogP contribution in [-0.2, 0) is 18.0 Å². The van der Waals surface area contributed by atoms with Gasteiger partial charge in [-0.3, -0.25) is 4.52 Å². The highest BCUT2D eigenvalue weighted by molar-refractivity contribution is 7.60. The Bertz CT molecular complexity index is 311. The molecule has 0 saturated carbocycles. The van der Waals surface area contributed by atoms with Gasteiger partial charge in [0.2, 0.25) is 0 Å². The molecule has 0 aliphatic heterocycles. The minimum atomic E-state index is -5.09. The first-order valence-corrected chi connectivity index (χ1v) is 6.66. The highest BCUT2D eigenvalue weighted by Crippen LogP contribution is 2.57. The minimum absolute atomic E-state index is 0.0500. The zero-order chi connectivity index (χ0) is 12.1. The lowest BCUT2D eigenvalue weighted by molar-refractivity contribution is 0.179. The molecule has 1 atom stereocenters. The monoisotopic (exact) mass is 264 g/mol. The van der Waals surface area contributed by atoms with E-state index >= 15 is 0 Å². The Balaban J connectivity index is 4.01. The second-order valence-corrected chi connectivity index (χ2v) is 5.34. The molecule has 0 aromatic carbocycles. The van der Waals surface area contributed by atoms with Crippen molar-refractivity contribution < 1.29 is 37.0 Å². The molecule has 0 saturated heterocycles. The van der Waals surface area contributed by atoms with Crippen molar-refractivity contribution in [3.8, 4) is 0 Å². The molecule has 0 aromatic heterocycles. The molecule has 90 valence electrons. The summed E-state index contributed by atoms with van der Waals surface area (Å²) in [5.74, 6) is 0. The quantitative estimate of drug-likeness (QED) is 0.466. The third kappa shape index (κ3) is 8.89. The molecule has 3 N–H and O–H groups in total. The average Bonchev–Trinajstić information content (AvgIpc) is 1.98. The molecule has 0 aliphatic carbocycles. The van der Waals surface area contributed by atoms with Gasteiger partial charge in [0.15, 0.2) is 0 Å². The lowest BCUT2D eigenvalue weighted by Crippen LogP contribution is -1.97. The SMILES string of the molecule is C=C(CF)CCOP(=O)(O)OP(=O)(O)O. The number of phosphoric acid groups is 2. The van der Waals surface area contributed by atoms with E-state index in [2.05, 4.69) is 15.4 Å². The number of rotatable bonds is 7. The van der Waals surface area contributed by atoms with E-state index in [1.54, 1.807) is 0 Å². The third-order valence-corrected chi connectivity index (χ3v) is 3.29. The summed E-state index contributed by atoms with van der Waals surface area (Å²) in [5.41, 5.74) is 0.131. The zero-order valence-electron chi connectivity index (χ0n) is 7.58. The Morgan fingerprint density at radius 3 is 2.27 bits per heavy atom. The van der Waals surface area contributed by atoms with E-state index in [0.717, 1.165) is 0 Å². The van der Waals surface area contributed by atoms with Gasteiger partial charge in [-0.15, -0.1) is 0 Å². The molecule has 10 heteroatoms. The number of hydrogen-bond donors (Lipinski definition) is 3. The van der Waals surface area contributed by atoms with E-state index in [9.17, 15) is 13.5 Å². The van der Waals surface area contributed by atoms with E-state index in [-0.39, 0.29) is 12.0 Å². The van der Waals surface area contributed by atoms with Crippen LogP contribution in [0.25, 0.3) is 0 Å². The van der Waals surface area contributed by atoms with Gasteiger partial charge in [0.05, 0.1) is 6.61 Å². The highest BCUT2D eigenvalue weighted by atomic mass is 31.3. The molecule has 0 heterocycles. The fourth-order valence-corrected chi connectivity index (χ4v) is 2.12. The summed E-state index contributed by atoms with van der Waals surface area (Å²) in [6.07, 6.45) is -0.0500. The molecule has 0 aromatic rings. The highest BCUT2D eigenvalue weighted by Gasteiger charge is 2.31. The van der Waals surface area contributed by atoms with Crippen LogP contribution in [0.2, 0.25) is 0 Å². The molecular weight excluding hydrogens is 253 g/mol. The van der Waals surface area contributed by atoms with Crippen LogP contribution < -0.4 is 0 Å². The predicted octanol–water partition coefficient (Wildman–Crippen LogP) is 1.13. The van der Waals surface area contributed by atoms with E-state index < -0.39 is 28.9 Å². The van der Waals surface area contributed by atoms with Crippen molar-refractivity contribution in [3.63, 3.8) is 0 Å². The first-order valence-electron chi connectivity index (χ1n) is 3.63. The normalized spacial score (nSPS) is 16.0. The molecule has 0 radical (unpaired) electrons. The second-order valence-electron chi connectivity index (χ2n) is 2.51. The van der Waals surface area contributed by atoms with Crippen LogP contribution in [0, 0.1) is 0 Å². The summed E-state index contributed by atoms with van der Waals surface area (Å²) in [7, 11) is -9.90. The van der Waals surface area contributed by atoms with Gasteiger partial charge in [0.25, 0.3) is 0 Å². The summed E-state index contributed by atoms with van der Waals surface area (Å²) < 4.78 is 40.4. The first-order chi connectivity index (χ1) is 6.66. The molecular formula is C5H11FO7P2. The number of phosphoric ester groups is 1. The molecule has 0 fully saturated rings. The number of alkyl halides is 1. The lowest BCUT2D eigenvalue weighted by atomic mass is 10.2. The van der Waals surface area contributed by atoms with Crippen LogP contribution in [-0.4, -0.2) is 28.0 Å². The molecule has 1 unspecified atom stereocenters. The Labute approximate surface area is 85.4 Å². The van der Waals surface area contributed by atoms with Crippen LogP contribution in [0.3, 0.4) is 0 Å². The minimum Gasteiger partial charge on any atom is -0.302 e. The van der Waals surface area contributed by atoms with E-state index in [0.29, 0.717) is 0 Å². The first kappa shape index (κ1) is 14.9. The van der Waals surface area contributed by atoms with Crippen LogP contribution in [0.4, 0.5) is 4.39 Å². The maximum Gasteiger partial charge on any atom is 0.481 e. The number of hydrogen-bond acceptors (Lipinski definition) is 4. The summed E-state index contributed by atoms with van der Waals surface area (Å²) in [6.45, 7) is 2.02. The zero-order valence-corrected chi connectivity index (χ0v) is 9.36. The van der Waals surface area contributed by atoms with Gasteiger partial charge >= 0.3 is 15.6 Å². The van der Waals surface area contributed by atoms with Crippen LogP contribution in [0.5, 0.6) is 0 Å². The van der Waals surface area contributed by atoms with E-state index in [1.165, 1.54) is 0 Å². The molecule has 0 spiro atoms. The maximum absolute atomic E-state index is 11.8. The van der Waals surface area contributed by atoms with Crippen molar-refractivity contribution in [1.29, 1.82) is 0 Å². The van der Waals surface area contributed by atoms with Crippen molar-refractivity contribution in [2.45, 2.75) is 6.42 Å². The van der Waals surface area contributed by atoms with E-state index in [4.69, 9.17) is 14.7 Å². The fourth-order valence-electron chi connectivity index (χ4n) is 0.530. The van der Waals surface area contributed by atoms with Gasteiger partial charge in [-0.25, -0.2) is 13.5 Å². The summed E-state index contributed by atoms with van der Waals surface area (Å²) >= 11 is 0. The van der Waals surface area contributed by atoms with Gasteiger partial charge in [-0.05, 0) is 12.0 Å². The van der Waals surface area contributed by atoms with Crippen LogP contribution in [0.15, 0.2) is 12.2 Å². The van der Waals surface area contributed by atoms with Crippen molar-refractivity contribution in [2.24, 2.45) is 0 Å². The van der Waals surface area contributed by atoms with Crippen molar-refractivity contribution >= 4 is 15.6 Å². The van der Waals surface area contributed by atoms with Gasteiger partial charge in [-0.2, -0.15) is 4.31 Å². The molecule has 15 heavy (non-hydrogen) atoms. The number of halogens is 1. The fraction of sp³-hybridized carbons (Fsp3) is 0.600. The Hall–Kier alpha value is -0.0700. The Morgan fingerprint density at radius 1 is 1.33 bits per heavy atom. The standard InChI is InChI=1S/C5H11FO7P2/c1-5(4-6)2-3-12-15(10,11)13-14(7,8)9/h1-4H2,(H,10,11)(H2,7,8,9). The van der Waals surface area contributed by atoms with Crippen molar-refractivity contribution in [1.82, 2.24) is 0 Å². The van der Waals surface area contributed by atoms with Crippen LogP contribution >= 0.6 is 15.6 Å². The molecule has 7 nitrogen and oxygen atoms in total. The van der Waals surface area contributed by atoms with Gasteiger partial charge in [-0.1, -0.05) is 6.58 Å². The molecule has 0 amide bonds. The van der Waals surface area contributed by atoms with Gasteiger partial charge < -0.3 is 14.7 Å². The lowest BCUT2D eigenvalue weighted by Gasteiger charge is -2.12. The second kappa shape index (κ2) is 5.86. The van der Waals surface area contributed by atoms with Crippen molar-refractivity contribution in [2.75, 3.05) is 13.3 Å². The van der Waals surface area contributed by atoms with Crippen LogP contribution in [0.1, 0.15) is 6.42 Å².